The average Bonchev–Trinajstić information content (AvgIpc) is 2.62. The maximum absolute atomic E-state index is 5.58. The minimum absolute atomic E-state index is 0.543. The fraction of sp³-hybridized carbons (Fsp3) is 1.00. The standard InChI is InChI=1S/C12H23NOS/c1-3-14-10-7-9(8-10)13-11-5-4-6-12(11)15-2/h9-13H,3-8H2,1-2H3. The first-order valence-electron chi connectivity index (χ1n) is 6.24. The van der Waals surface area contributed by atoms with E-state index in [1.54, 1.807) is 0 Å². The van der Waals surface area contributed by atoms with Crippen molar-refractivity contribution in [1.82, 2.24) is 5.32 Å². The molecular weight excluding hydrogens is 206 g/mol. The lowest BCUT2D eigenvalue weighted by atomic mass is 9.88. The normalized spacial score (nSPS) is 40.4. The highest BCUT2D eigenvalue weighted by atomic mass is 32.2. The van der Waals surface area contributed by atoms with Gasteiger partial charge in [0.05, 0.1) is 6.10 Å². The minimum atomic E-state index is 0.543. The van der Waals surface area contributed by atoms with Gasteiger partial charge in [-0.3, -0.25) is 0 Å². The lowest BCUT2D eigenvalue weighted by molar-refractivity contribution is -0.0120. The van der Waals surface area contributed by atoms with Gasteiger partial charge in [-0.05, 0) is 38.9 Å². The summed E-state index contributed by atoms with van der Waals surface area (Å²) in [6.45, 7) is 2.95. The SMILES string of the molecule is CCOC1CC(NC2CCCC2SC)C1. The monoisotopic (exact) mass is 229 g/mol. The Bertz CT molecular complexity index is 194. The first kappa shape index (κ1) is 11.7. The Labute approximate surface area is 97.5 Å². The van der Waals surface area contributed by atoms with Crippen molar-refractivity contribution in [3.05, 3.63) is 0 Å². The molecule has 2 rings (SSSR count). The molecule has 2 fully saturated rings. The largest absolute Gasteiger partial charge is 0.378 e. The van der Waals surface area contributed by atoms with Crippen molar-refractivity contribution in [3.63, 3.8) is 0 Å². The molecule has 2 saturated carbocycles. The van der Waals surface area contributed by atoms with Crippen molar-refractivity contribution in [2.45, 2.75) is 62.5 Å². The van der Waals surface area contributed by atoms with Gasteiger partial charge in [0.25, 0.3) is 0 Å². The van der Waals surface area contributed by atoms with Gasteiger partial charge in [-0.1, -0.05) is 6.42 Å². The molecule has 0 aliphatic heterocycles. The molecule has 2 aliphatic carbocycles. The van der Waals surface area contributed by atoms with E-state index in [0.29, 0.717) is 6.10 Å². The van der Waals surface area contributed by atoms with Gasteiger partial charge in [-0.15, -0.1) is 0 Å². The Hall–Kier alpha value is 0.270. The van der Waals surface area contributed by atoms with Gasteiger partial charge in [-0.25, -0.2) is 0 Å². The van der Waals surface area contributed by atoms with E-state index in [4.69, 9.17) is 4.74 Å². The maximum Gasteiger partial charge on any atom is 0.0604 e. The van der Waals surface area contributed by atoms with Crippen LogP contribution in [0, 0.1) is 0 Å². The molecule has 0 aromatic rings. The summed E-state index contributed by atoms with van der Waals surface area (Å²) in [7, 11) is 0. The zero-order chi connectivity index (χ0) is 10.7. The molecule has 0 radical (unpaired) electrons. The van der Waals surface area contributed by atoms with Crippen LogP contribution in [-0.4, -0.2) is 36.3 Å². The number of nitrogens with one attached hydrogen (secondary N) is 1. The molecule has 88 valence electrons. The Morgan fingerprint density at radius 3 is 2.80 bits per heavy atom. The van der Waals surface area contributed by atoms with Crippen molar-refractivity contribution in [3.8, 4) is 0 Å². The van der Waals surface area contributed by atoms with E-state index in [1.807, 2.05) is 11.8 Å². The molecule has 2 aliphatic rings. The zero-order valence-corrected chi connectivity index (χ0v) is 10.7. The summed E-state index contributed by atoms with van der Waals surface area (Å²) in [5, 5.41) is 4.66. The summed E-state index contributed by atoms with van der Waals surface area (Å²) in [6.07, 6.45) is 9.43. The highest BCUT2D eigenvalue weighted by molar-refractivity contribution is 7.99. The maximum atomic E-state index is 5.58. The van der Waals surface area contributed by atoms with Crippen molar-refractivity contribution >= 4 is 11.8 Å². The predicted molar refractivity (Wildman–Crippen MR) is 66.5 cm³/mol. The summed E-state index contributed by atoms with van der Waals surface area (Å²) in [5.41, 5.74) is 0. The van der Waals surface area contributed by atoms with Crippen LogP contribution in [0.15, 0.2) is 0 Å². The zero-order valence-electron chi connectivity index (χ0n) is 9.87. The van der Waals surface area contributed by atoms with E-state index in [-0.39, 0.29) is 0 Å². The van der Waals surface area contributed by atoms with Gasteiger partial charge in [0.2, 0.25) is 0 Å². The molecule has 15 heavy (non-hydrogen) atoms. The summed E-state index contributed by atoms with van der Waals surface area (Å²) in [6, 6.07) is 1.51. The van der Waals surface area contributed by atoms with E-state index in [1.165, 1.54) is 32.1 Å². The first-order valence-corrected chi connectivity index (χ1v) is 7.52. The summed E-state index contributed by atoms with van der Waals surface area (Å²) in [4.78, 5) is 0. The highest BCUT2D eigenvalue weighted by Gasteiger charge is 2.34. The third kappa shape index (κ3) is 2.89. The Kier molecular flexibility index (Phi) is 4.35. The lowest BCUT2D eigenvalue weighted by Gasteiger charge is -2.38. The molecule has 1 N–H and O–H groups in total. The second-order valence-corrected chi connectivity index (χ2v) is 5.80. The number of hydrogen-bond acceptors (Lipinski definition) is 3. The van der Waals surface area contributed by atoms with E-state index in [0.717, 1.165) is 23.9 Å². The van der Waals surface area contributed by atoms with Gasteiger partial charge in [0.1, 0.15) is 0 Å². The molecule has 0 aromatic heterocycles. The number of hydrogen-bond donors (Lipinski definition) is 1. The minimum Gasteiger partial charge on any atom is -0.378 e. The van der Waals surface area contributed by atoms with Gasteiger partial charge in [-0.2, -0.15) is 11.8 Å². The van der Waals surface area contributed by atoms with Gasteiger partial charge >= 0.3 is 0 Å². The van der Waals surface area contributed by atoms with E-state index >= 15 is 0 Å². The van der Waals surface area contributed by atoms with Crippen LogP contribution in [0.4, 0.5) is 0 Å². The van der Waals surface area contributed by atoms with Crippen LogP contribution in [-0.2, 0) is 4.74 Å². The van der Waals surface area contributed by atoms with E-state index in [2.05, 4.69) is 18.5 Å². The first-order chi connectivity index (χ1) is 7.33. The quantitative estimate of drug-likeness (QED) is 0.782. The van der Waals surface area contributed by atoms with Crippen molar-refractivity contribution in [1.29, 1.82) is 0 Å². The summed E-state index contributed by atoms with van der Waals surface area (Å²) >= 11 is 2.03. The van der Waals surface area contributed by atoms with Crippen LogP contribution in [0.25, 0.3) is 0 Å². The van der Waals surface area contributed by atoms with Crippen LogP contribution < -0.4 is 5.32 Å². The van der Waals surface area contributed by atoms with Crippen LogP contribution in [0.3, 0.4) is 0 Å². The molecule has 2 atom stereocenters. The van der Waals surface area contributed by atoms with Crippen molar-refractivity contribution in [2.75, 3.05) is 12.9 Å². The average molecular weight is 229 g/mol. The highest BCUT2D eigenvalue weighted by Crippen LogP contribution is 2.31. The fourth-order valence-electron chi connectivity index (χ4n) is 2.78. The second kappa shape index (κ2) is 5.55. The molecular formula is C12H23NOS. The topological polar surface area (TPSA) is 21.3 Å². The molecule has 0 aromatic carbocycles. The molecule has 2 nitrogen and oxygen atoms in total. The second-order valence-electron chi connectivity index (χ2n) is 4.72. The predicted octanol–water partition coefficient (Wildman–Crippen LogP) is 2.43. The smallest absolute Gasteiger partial charge is 0.0604 e. The third-order valence-corrected chi connectivity index (χ3v) is 4.87. The molecule has 3 heteroatoms. The molecule has 2 unspecified atom stereocenters. The molecule has 0 saturated heterocycles. The molecule has 0 heterocycles. The third-order valence-electron chi connectivity index (χ3n) is 3.70. The summed E-state index contributed by atoms with van der Waals surface area (Å²) < 4.78 is 5.58. The molecule has 0 amide bonds. The van der Waals surface area contributed by atoms with Crippen LogP contribution >= 0.6 is 11.8 Å². The van der Waals surface area contributed by atoms with Gasteiger partial charge < -0.3 is 10.1 Å². The molecule has 0 bridgehead atoms. The number of thioether (sulfide) groups is 1. The fourth-order valence-corrected chi connectivity index (χ4v) is 3.72. The van der Waals surface area contributed by atoms with E-state index in [9.17, 15) is 0 Å². The number of rotatable bonds is 5. The number of ether oxygens (including phenoxy) is 1. The van der Waals surface area contributed by atoms with Crippen molar-refractivity contribution < 1.29 is 4.74 Å². The lowest BCUT2D eigenvalue weighted by Crippen LogP contribution is -2.50. The van der Waals surface area contributed by atoms with E-state index < -0.39 is 0 Å². The van der Waals surface area contributed by atoms with Crippen molar-refractivity contribution in [2.24, 2.45) is 0 Å². The Balaban J connectivity index is 1.66. The van der Waals surface area contributed by atoms with Crippen LogP contribution in [0.2, 0.25) is 0 Å². The Morgan fingerprint density at radius 1 is 1.33 bits per heavy atom. The van der Waals surface area contributed by atoms with Gasteiger partial charge in [0.15, 0.2) is 0 Å². The summed E-state index contributed by atoms with van der Waals surface area (Å²) in [5.74, 6) is 0. The molecule has 0 spiro atoms. The Morgan fingerprint density at radius 2 is 2.13 bits per heavy atom. The van der Waals surface area contributed by atoms with Crippen LogP contribution in [0.5, 0.6) is 0 Å². The van der Waals surface area contributed by atoms with Crippen LogP contribution in [0.1, 0.15) is 39.0 Å². The van der Waals surface area contributed by atoms with Gasteiger partial charge in [0, 0.05) is 23.9 Å².